The Bertz CT molecular complexity index is 1100. The van der Waals surface area contributed by atoms with Crippen LogP contribution in [0.25, 0.3) is 10.9 Å². The lowest BCUT2D eigenvalue weighted by atomic mass is 9.94. The van der Waals surface area contributed by atoms with E-state index in [0.29, 0.717) is 12.4 Å². The predicted molar refractivity (Wildman–Crippen MR) is 117 cm³/mol. The lowest BCUT2D eigenvalue weighted by Gasteiger charge is -2.37. The van der Waals surface area contributed by atoms with Crippen molar-refractivity contribution in [2.45, 2.75) is 31.7 Å². The number of pyridine rings is 1. The van der Waals surface area contributed by atoms with Crippen LogP contribution in [0.4, 0.5) is 5.82 Å². The van der Waals surface area contributed by atoms with Crippen molar-refractivity contribution in [2.75, 3.05) is 18.0 Å². The van der Waals surface area contributed by atoms with Crippen molar-refractivity contribution in [3.05, 3.63) is 52.8 Å². The third-order valence-corrected chi connectivity index (χ3v) is 6.58. The molecule has 0 radical (unpaired) electrons. The number of amides is 2. The van der Waals surface area contributed by atoms with Gasteiger partial charge in [0.25, 0.3) is 0 Å². The second-order valence-electron chi connectivity index (χ2n) is 7.97. The summed E-state index contributed by atoms with van der Waals surface area (Å²) in [6, 6.07) is 9.77. The Labute approximate surface area is 182 Å². The highest BCUT2D eigenvalue weighted by Crippen LogP contribution is 2.35. The molecule has 2 atom stereocenters. The Morgan fingerprint density at radius 1 is 1.23 bits per heavy atom. The number of hydrogen-bond donors (Lipinski definition) is 1. The minimum atomic E-state index is -0.350. The van der Waals surface area contributed by atoms with Gasteiger partial charge in [-0.2, -0.15) is 5.10 Å². The van der Waals surface area contributed by atoms with E-state index < -0.39 is 0 Å². The van der Waals surface area contributed by atoms with E-state index in [2.05, 4.69) is 31.1 Å². The number of carbonyl (C=O) groups excluding carboxylic acids is 2. The average Bonchev–Trinajstić information content (AvgIpc) is 3.36. The molecular weight excluding hydrogens is 446 g/mol. The Morgan fingerprint density at radius 3 is 2.97 bits per heavy atom. The summed E-state index contributed by atoms with van der Waals surface area (Å²) in [5.41, 5.74) is 1.92. The monoisotopic (exact) mass is 467 g/mol. The Kier molecular flexibility index (Phi) is 5.02. The zero-order valence-electron chi connectivity index (χ0n) is 16.4. The Hall–Kier alpha value is -2.74. The van der Waals surface area contributed by atoms with Crippen molar-refractivity contribution in [1.29, 1.82) is 0 Å². The third-order valence-electron chi connectivity index (χ3n) is 6.09. The van der Waals surface area contributed by atoms with Gasteiger partial charge in [-0.15, -0.1) is 0 Å². The minimum absolute atomic E-state index is 0.0349. The van der Waals surface area contributed by atoms with Crippen LogP contribution in [0, 0.1) is 5.92 Å². The third kappa shape index (κ3) is 3.39. The van der Waals surface area contributed by atoms with Gasteiger partial charge >= 0.3 is 0 Å². The van der Waals surface area contributed by atoms with E-state index in [4.69, 9.17) is 0 Å². The molecule has 0 spiro atoms. The van der Waals surface area contributed by atoms with Gasteiger partial charge in [0.15, 0.2) is 5.82 Å². The molecule has 7 nitrogen and oxygen atoms in total. The number of hydrogen-bond acceptors (Lipinski definition) is 4. The van der Waals surface area contributed by atoms with Crippen LogP contribution in [-0.2, 0) is 9.59 Å². The Balaban J connectivity index is 1.38. The van der Waals surface area contributed by atoms with Crippen molar-refractivity contribution < 1.29 is 9.59 Å². The second kappa shape index (κ2) is 7.83. The van der Waals surface area contributed by atoms with Gasteiger partial charge in [0.1, 0.15) is 0 Å². The predicted octanol–water partition coefficient (Wildman–Crippen LogP) is 3.83. The maximum absolute atomic E-state index is 13.4. The molecule has 2 saturated heterocycles. The molecule has 2 aliphatic rings. The molecule has 0 bridgehead atoms. The molecule has 0 unspecified atom stereocenters. The van der Waals surface area contributed by atoms with E-state index in [0.717, 1.165) is 46.7 Å². The molecule has 3 aromatic rings. The molecule has 30 heavy (non-hydrogen) atoms. The molecule has 2 amide bonds. The topological polar surface area (TPSA) is 82.2 Å². The lowest BCUT2D eigenvalue weighted by molar-refractivity contribution is -0.139. The van der Waals surface area contributed by atoms with Gasteiger partial charge in [0.2, 0.25) is 11.8 Å². The van der Waals surface area contributed by atoms with Crippen molar-refractivity contribution in [2.24, 2.45) is 5.92 Å². The summed E-state index contributed by atoms with van der Waals surface area (Å²) in [4.78, 5) is 34.1. The number of rotatable bonds is 3. The first-order valence-corrected chi connectivity index (χ1v) is 11.1. The Morgan fingerprint density at radius 2 is 2.13 bits per heavy atom. The van der Waals surface area contributed by atoms with Gasteiger partial charge < -0.3 is 4.90 Å². The number of nitrogens with one attached hydrogen (secondary N) is 1. The summed E-state index contributed by atoms with van der Waals surface area (Å²) < 4.78 is 0.942. The smallest absolute Gasteiger partial charge is 0.229 e. The zero-order chi connectivity index (χ0) is 20.7. The minimum Gasteiger partial charge on any atom is -0.335 e. The summed E-state index contributed by atoms with van der Waals surface area (Å²) in [7, 11) is 0. The van der Waals surface area contributed by atoms with Crippen LogP contribution in [0.2, 0.25) is 0 Å². The highest BCUT2D eigenvalue weighted by molar-refractivity contribution is 9.10. The highest BCUT2D eigenvalue weighted by atomic mass is 79.9. The van der Waals surface area contributed by atoms with Crippen molar-refractivity contribution in [3.8, 4) is 0 Å². The number of aromatic amines is 1. The fraction of sp³-hybridized carbons (Fsp3) is 0.364. The number of aromatic nitrogens is 3. The maximum Gasteiger partial charge on any atom is 0.229 e. The van der Waals surface area contributed by atoms with Crippen LogP contribution in [0.5, 0.6) is 0 Å². The van der Waals surface area contributed by atoms with Gasteiger partial charge in [0.05, 0.1) is 17.5 Å². The SMILES string of the molecule is O=C1C[C@@H](C(=O)N2CCCC[C@H]2c2cccnc2)CN1c1n[nH]c2cc(Br)ccc12. The van der Waals surface area contributed by atoms with E-state index in [1.807, 2.05) is 41.4 Å². The molecule has 2 fully saturated rings. The summed E-state index contributed by atoms with van der Waals surface area (Å²) in [5.74, 6) is 0.249. The first kappa shape index (κ1) is 19.2. The van der Waals surface area contributed by atoms with Gasteiger partial charge in [-0.05, 0) is 49.1 Å². The van der Waals surface area contributed by atoms with Crippen molar-refractivity contribution >= 4 is 44.5 Å². The lowest BCUT2D eigenvalue weighted by Crippen LogP contribution is -2.42. The molecule has 8 heteroatoms. The number of fused-ring (bicyclic) bond motifs is 1. The molecule has 4 heterocycles. The standard InChI is InChI=1S/C22H22BrN5O2/c23-16-6-7-17-18(11-16)25-26-21(17)28-13-15(10-20(28)29)22(30)27-9-2-1-5-19(27)14-4-3-8-24-12-14/h3-4,6-8,11-12,15,19H,1-2,5,9-10,13H2,(H,25,26)/t15-,19+/m1/s1. The average molecular weight is 468 g/mol. The van der Waals surface area contributed by atoms with Crippen LogP contribution in [0.3, 0.4) is 0 Å². The van der Waals surface area contributed by atoms with E-state index in [1.54, 1.807) is 11.1 Å². The second-order valence-corrected chi connectivity index (χ2v) is 8.89. The number of halogens is 1. The number of anilines is 1. The molecule has 0 aliphatic carbocycles. The van der Waals surface area contributed by atoms with Crippen LogP contribution in [-0.4, -0.2) is 45.0 Å². The summed E-state index contributed by atoms with van der Waals surface area (Å²) >= 11 is 3.45. The zero-order valence-corrected chi connectivity index (χ0v) is 18.0. The molecule has 154 valence electrons. The molecule has 1 aromatic carbocycles. The number of carbonyl (C=O) groups is 2. The van der Waals surface area contributed by atoms with E-state index in [-0.39, 0.29) is 30.2 Å². The summed E-state index contributed by atoms with van der Waals surface area (Å²) in [6.45, 7) is 1.09. The van der Waals surface area contributed by atoms with Crippen LogP contribution in [0.1, 0.15) is 37.3 Å². The quantitative estimate of drug-likeness (QED) is 0.634. The first-order valence-electron chi connectivity index (χ1n) is 10.3. The number of nitrogens with zero attached hydrogens (tertiary/aromatic N) is 4. The number of H-pyrrole nitrogens is 1. The number of benzene rings is 1. The van der Waals surface area contributed by atoms with E-state index in [9.17, 15) is 9.59 Å². The largest absolute Gasteiger partial charge is 0.335 e. The van der Waals surface area contributed by atoms with Crippen LogP contribution in [0.15, 0.2) is 47.2 Å². The summed E-state index contributed by atoms with van der Waals surface area (Å²) in [6.07, 6.45) is 6.83. The van der Waals surface area contributed by atoms with Gasteiger partial charge in [-0.3, -0.25) is 24.6 Å². The molecule has 2 aromatic heterocycles. The normalized spacial score (nSPS) is 22.1. The maximum atomic E-state index is 13.4. The molecular formula is C22H22BrN5O2. The van der Waals surface area contributed by atoms with Gasteiger partial charge in [-0.1, -0.05) is 22.0 Å². The molecule has 2 aliphatic heterocycles. The van der Waals surface area contributed by atoms with Crippen molar-refractivity contribution in [3.63, 3.8) is 0 Å². The van der Waals surface area contributed by atoms with Crippen molar-refractivity contribution in [1.82, 2.24) is 20.1 Å². The van der Waals surface area contributed by atoms with E-state index >= 15 is 0 Å². The van der Waals surface area contributed by atoms with Crippen LogP contribution >= 0.6 is 15.9 Å². The fourth-order valence-corrected chi connectivity index (χ4v) is 4.97. The number of piperidine rings is 1. The molecule has 1 N–H and O–H groups in total. The number of likely N-dealkylation sites (tertiary alicyclic amines) is 1. The van der Waals surface area contributed by atoms with Gasteiger partial charge in [0, 0.05) is 41.8 Å². The van der Waals surface area contributed by atoms with E-state index in [1.165, 1.54) is 0 Å². The summed E-state index contributed by atoms with van der Waals surface area (Å²) in [5, 5.41) is 8.23. The fourth-order valence-electron chi connectivity index (χ4n) is 4.61. The highest BCUT2D eigenvalue weighted by Gasteiger charge is 2.41. The van der Waals surface area contributed by atoms with Crippen LogP contribution < -0.4 is 4.90 Å². The molecule has 0 saturated carbocycles. The van der Waals surface area contributed by atoms with Gasteiger partial charge in [-0.25, -0.2) is 0 Å². The molecule has 5 rings (SSSR count). The first-order chi connectivity index (χ1) is 14.6.